The van der Waals surface area contributed by atoms with E-state index < -0.39 is 0 Å². The molecule has 0 unspecified atom stereocenters. The zero-order valence-corrected chi connectivity index (χ0v) is 13.6. The highest BCUT2D eigenvalue weighted by atomic mass is 32.2. The van der Waals surface area contributed by atoms with Crippen LogP contribution in [0.5, 0.6) is 0 Å². The van der Waals surface area contributed by atoms with Gasteiger partial charge in [0.1, 0.15) is 0 Å². The minimum atomic E-state index is 0.755. The van der Waals surface area contributed by atoms with E-state index in [1.54, 1.807) is 11.3 Å². The van der Waals surface area contributed by atoms with Crippen LogP contribution in [-0.4, -0.2) is 23.4 Å². The molecular weight excluding hydrogens is 300 g/mol. The number of ether oxygens (including phenoxy) is 1. The molecule has 1 saturated heterocycles. The summed E-state index contributed by atoms with van der Waals surface area (Å²) in [6, 6.07) is 8.71. The van der Waals surface area contributed by atoms with Gasteiger partial charge in [0.25, 0.3) is 0 Å². The molecule has 112 valence electrons. The van der Waals surface area contributed by atoms with Crippen molar-refractivity contribution in [2.24, 2.45) is 0 Å². The normalized spacial score (nSPS) is 16.0. The van der Waals surface area contributed by atoms with Gasteiger partial charge in [-0.3, -0.25) is 0 Å². The molecule has 0 atom stereocenters. The summed E-state index contributed by atoms with van der Waals surface area (Å²) in [4.78, 5) is 4.29. The number of thioether (sulfide) groups is 1. The topological polar surface area (TPSA) is 34.1 Å². The third-order valence-corrected chi connectivity index (χ3v) is 5.62. The van der Waals surface area contributed by atoms with E-state index in [9.17, 15) is 0 Å². The molecule has 1 aromatic carbocycles. The lowest BCUT2D eigenvalue weighted by molar-refractivity contribution is 0.1000. The SMILES string of the molecule is c1cc(CSC2CCOCC2)cc(NCc2cscn2)c1. The Morgan fingerprint density at radius 2 is 2.24 bits per heavy atom. The molecule has 1 aromatic heterocycles. The molecule has 2 heterocycles. The van der Waals surface area contributed by atoms with Gasteiger partial charge in [0.15, 0.2) is 0 Å². The average molecular weight is 320 g/mol. The Morgan fingerprint density at radius 1 is 1.33 bits per heavy atom. The summed E-state index contributed by atoms with van der Waals surface area (Å²) < 4.78 is 5.41. The minimum Gasteiger partial charge on any atom is -0.381 e. The predicted octanol–water partition coefficient (Wildman–Crippen LogP) is 4.17. The average Bonchev–Trinajstić information content (AvgIpc) is 3.06. The highest BCUT2D eigenvalue weighted by Gasteiger charge is 2.13. The third kappa shape index (κ3) is 4.73. The van der Waals surface area contributed by atoms with Gasteiger partial charge in [-0.25, -0.2) is 4.98 Å². The van der Waals surface area contributed by atoms with Crippen molar-refractivity contribution in [1.82, 2.24) is 4.98 Å². The number of anilines is 1. The number of aromatic nitrogens is 1. The molecule has 21 heavy (non-hydrogen) atoms. The standard InChI is InChI=1S/C16H20N2OS2/c1-2-13(10-21-16-4-6-19-7-5-16)8-14(3-1)17-9-15-11-20-12-18-15/h1-3,8,11-12,16-17H,4-7,9-10H2. The first kappa shape index (κ1) is 14.9. The highest BCUT2D eigenvalue weighted by Crippen LogP contribution is 2.26. The first-order valence-electron chi connectivity index (χ1n) is 7.29. The summed E-state index contributed by atoms with van der Waals surface area (Å²) in [6.07, 6.45) is 2.37. The number of hydrogen-bond acceptors (Lipinski definition) is 5. The van der Waals surface area contributed by atoms with Gasteiger partial charge >= 0.3 is 0 Å². The fourth-order valence-corrected chi connectivity index (χ4v) is 4.04. The molecule has 0 bridgehead atoms. The second-order valence-electron chi connectivity index (χ2n) is 5.16. The van der Waals surface area contributed by atoms with Gasteiger partial charge < -0.3 is 10.1 Å². The Balaban J connectivity index is 1.50. The van der Waals surface area contributed by atoms with Crippen LogP contribution in [0.3, 0.4) is 0 Å². The molecule has 0 amide bonds. The van der Waals surface area contributed by atoms with E-state index in [0.29, 0.717) is 0 Å². The Hall–Kier alpha value is -1.04. The van der Waals surface area contributed by atoms with Crippen LogP contribution in [0.25, 0.3) is 0 Å². The van der Waals surface area contributed by atoms with Crippen LogP contribution < -0.4 is 5.32 Å². The fraction of sp³-hybridized carbons (Fsp3) is 0.438. The van der Waals surface area contributed by atoms with Crippen LogP contribution in [-0.2, 0) is 17.0 Å². The smallest absolute Gasteiger partial charge is 0.0795 e. The largest absolute Gasteiger partial charge is 0.381 e. The van der Waals surface area contributed by atoms with Crippen molar-refractivity contribution >= 4 is 28.8 Å². The Morgan fingerprint density at radius 3 is 3.05 bits per heavy atom. The summed E-state index contributed by atoms with van der Waals surface area (Å²) in [5.41, 5.74) is 5.53. The first-order valence-corrected chi connectivity index (χ1v) is 9.28. The zero-order chi connectivity index (χ0) is 14.3. The molecule has 1 fully saturated rings. The summed E-state index contributed by atoms with van der Waals surface area (Å²) in [5, 5.41) is 6.28. The number of benzene rings is 1. The van der Waals surface area contributed by atoms with Gasteiger partial charge in [-0.05, 0) is 30.5 Å². The first-order chi connectivity index (χ1) is 10.4. The van der Waals surface area contributed by atoms with E-state index in [1.165, 1.54) is 24.1 Å². The van der Waals surface area contributed by atoms with E-state index in [4.69, 9.17) is 4.74 Å². The molecular formula is C16H20N2OS2. The van der Waals surface area contributed by atoms with Crippen molar-refractivity contribution < 1.29 is 4.74 Å². The van der Waals surface area contributed by atoms with Crippen molar-refractivity contribution in [2.75, 3.05) is 18.5 Å². The number of thiazole rings is 1. The second-order valence-corrected chi connectivity index (χ2v) is 7.16. The predicted molar refractivity (Wildman–Crippen MR) is 91.0 cm³/mol. The highest BCUT2D eigenvalue weighted by molar-refractivity contribution is 7.99. The van der Waals surface area contributed by atoms with Crippen LogP contribution in [0.1, 0.15) is 24.1 Å². The maximum absolute atomic E-state index is 5.41. The van der Waals surface area contributed by atoms with Crippen molar-refractivity contribution in [3.05, 3.63) is 46.4 Å². The lowest BCUT2D eigenvalue weighted by Gasteiger charge is -2.21. The van der Waals surface area contributed by atoms with E-state index >= 15 is 0 Å². The monoisotopic (exact) mass is 320 g/mol. The Bertz CT molecular complexity index is 539. The van der Waals surface area contributed by atoms with Crippen LogP contribution in [0.4, 0.5) is 5.69 Å². The summed E-state index contributed by atoms with van der Waals surface area (Å²) in [5.74, 6) is 1.08. The lowest BCUT2D eigenvalue weighted by atomic mass is 10.2. The number of hydrogen-bond donors (Lipinski definition) is 1. The van der Waals surface area contributed by atoms with E-state index in [2.05, 4.69) is 51.7 Å². The number of nitrogens with one attached hydrogen (secondary N) is 1. The van der Waals surface area contributed by atoms with Gasteiger partial charge in [-0.1, -0.05) is 12.1 Å². The van der Waals surface area contributed by atoms with E-state index in [1.807, 2.05) is 5.51 Å². The molecule has 1 aliphatic heterocycles. The quantitative estimate of drug-likeness (QED) is 0.866. The summed E-state index contributed by atoms with van der Waals surface area (Å²) in [7, 11) is 0. The Labute approximate surface area is 134 Å². The zero-order valence-electron chi connectivity index (χ0n) is 12.0. The number of nitrogens with zero attached hydrogens (tertiary/aromatic N) is 1. The van der Waals surface area contributed by atoms with Crippen LogP contribution >= 0.6 is 23.1 Å². The molecule has 3 nitrogen and oxygen atoms in total. The molecule has 1 N–H and O–H groups in total. The minimum absolute atomic E-state index is 0.755. The molecule has 0 radical (unpaired) electrons. The van der Waals surface area contributed by atoms with Gasteiger partial charge in [-0.15, -0.1) is 11.3 Å². The van der Waals surface area contributed by atoms with Crippen molar-refractivity contribution in [2.45, 2.75) is 30.4 Å². The number of rotatable bonds is 6. The third-order valence-electron chi connectivity index (χ3n) is 3.54. The van der Waals surface area contributed by atoms with Gasteiger partial charge in [0.05, 0.1) is 17.7 Å². The summed E-state index contributed by atoms with van der Waals surface area (Å²) >= 11 is 3.69. The lowest BCUT2D eigenvalue weighted by Crippen LogP contribution is -2.17. The molecule has 0 aliphatic carbocycles. The van der Waals surface area contributed by atoms with Gasteiger partial charge in [0, 0.05) is 35.3 Å². The summed E-state index contributed by atoms with van der Waals surface area (Å²) in [6.45, 7) is 2.64. The molecule has 2 aromatic rings. The maximum atomic E-state index is 5.41. The molecule has 3 rings (SSSR count). The van der Waals surface area contributed by atoms with Gasteiger partial charge in [0.2, 0.25) is 0 Å². The van der Waals surface area contributed by atoms with Crippen molar-refractivity contribution in [3.63, 3.8) is 0 Å². The van der Waals surface area contributed by atoms with E-state index in [0.717, 1.165) is 36.5 Å². The fourth-order valence-electron chi connectivity index (χ4n) is 2.35. The van der Waals surface area contributed by atoms with E-state index in [-0.39, 0.29) is 0 Å². The van der Waals surface area contributed by atoms with Gasteiger partial charge in [-0.2, -0.15) is 11.8 Å². The molecule has 5 heteroatoms. The Kier molecular flexibility index (Phi) is 5.54. The van der Waals surface area contributed by atoms with Crippen molar-refractivity contribution in [1.29, 1.82) is 0 Å². The maximum Gasteiger partial charge on any atom is 0.0795 e. The van der Waals surface area contributed by atoms with Crippen LogP contribution in [0, 0.1) is 0 Å². The molecule has 0 saturated carbocycles. The second kappa shape index (κ2) is 7.82. The van der Waals surface area contributed by atoms with Crippen LogP contribution in [0.15, 0.2) is 35.2 Å². The molecule has 0 spiro atoms. The molecule has 1 aliphatic rings. The van der Waals surface area contributed by atoms with Crippen LogP contribution in [0.2, 0.25) is 0 Å². The van der Waals surface area contributed by atoms with Crippen molar-refractivity contribution in [3.8, 4) is 0 Å².